The van der Waals surface area contributed by atoms with Crippen molar-refractivity contribution in [1.29, 1.82) is 0 Å². The molecule has 0 spiro atoms. The Morgan fingerprint density at radius 2 is 2.20 bits per heavy atom. The number of aryl methyl sites for hydroxylation is 1. The molecule has 0 bridgehead atoms. The highest BCUT2D eigenvalue weighted by atomic mass is 16.5. The van der Waals surface area contributed by atoms with Gasteiger partial charge in [-0.2, -0.15) is 5.10 Å². The Bertz CT molecular complexity index is 580. The van der Waals surface area contributed by atoms with Crippen LogP contribution in [0.25, 0.3) is 0 Å². The molecule has 106 valence electrons. The van der Waals surface area contributed by atoms with Crippen molar-refractivity contribution in [3.05, 3.63) is 47.8 Å². The summed E-state index contributed by atoms with van der Waals surface area (Å²) in [6.07, 6.45) is 1.69. The van der Waals surface area contributed by atoms with E-state index in [0.29, 0.717) is 18.8 Å². The minimum absolute atomic E-state index is 0.0329. The number of nitrogens with two attached hydrogens (primary N) is 1. The zero-order valence-electron chi connectivity index (χ0n) is 11.4. The monoisotopic (exact) mass is 274 g/mol. The van der Waals surface area contributed by atoms with Crippen LogP contribution >= 0.6 is 0 Å². The van der Waals surface area contributed by atoms with Crippen LogP contribution in [0.2, 0.25) is 0 Å². The summed E-state index contributed by atoms with van der Waals surface area (Å²) in [5.74, 6) is 0.462. The number of hydrogen-bond donors (Lipinski definition) is 2. The lowest BCUT2D eigenvalue weighted by atomic mass is 10.2. The van der Waals surface area contributed by atoms with Gasteiger partial charge in [-0.1, -0.05) is 18.2 Å². The molecule has 0 saturated carbocycles. The SMILES string of the molecule is Cn1nccc1CNC(=O)COc1ccccc1CN. The van der Waals surface area contributed by atoms with Gasteiger partial charge in [-0.05, 0) is 12.1 Å². The molecule has 0 aliphatic heterocycles. The lowest BCUT2D eigenvalue weighted by Crippen LogP contribution is -2.29. The highest BCUT2D eigenvalue weighted by molar-refractivity contribution is 5.77. The van der Waals surface area contributed by atoms with E-state index in [4.69, 9.17) is 10.5 Å². The lowest BCUT2D eigenvalue weighted by molar-refractivity contribution is -0.123. The van der Waals surface area contributed by atoms with Gasteiger partial charge >= 0.3 is 0 Å². The maximum atomic E-state index is 11.7. The Kier molecular flexibility index (Phi) is 4.73. The summed E-state index contributed by atoms with van der Waals surface area (Å²) in [5, 5.41) is 6.81. The second-order valence-corrected chi connectivity index (χ2v) is 4.32. The van der Waals surface area contributed by atoms with Crippen LogP contribution in [-0.4, -0.2) is 22.3 Å². The summed E-state index contributed by atoms with van der Waals surface area (Å²) in [7, 11) is 1.83. The van der Waals surface area contributed by atoms with Crippen LogP contribution in [0, 0.1) is 0 Å². The molecule has 0 atom stereocenters. The fourth-order valence-corrected chi connectivity index (χ4v) is 1.77. The van der Waals surface area contributed by atoms with Gasteiger partial charge in [0.1, 0.15) is 5.75 Å². The van der Waals surface area contributed by atoms with Crippen LogP contribution in [-0.2, 0) is 24.9 Å². The third-order valence-corrected chi connectivity index (χ3v) is 2.94. The lowest BCUT2D eigenvalue weighted by Gasteiger charge is -2.10. The number of benzene rings is 1. The topological polar surface area (TPSA) is 82.2 Å². The van der Waals surface area contributed by atoms with Crippen LogP contribution in [0.1, 0.15) is 11.3 Å². The van der Waals surface area contributed by atoms with E-state index in [1.165, 1.54) is 0 Å². The predicted molar refractivity (Wildman–Crippen MR) is 74.9 cm³/mol. The minimum Gasteiger partial charge on any atom is -0.483 e. The molecule has 6 heteroatoms. The first-order valence-corrected chi connectivity index (χ1v) is 6.35. The summed E-state index contributed by atoms with van der Waals surface area (Å²) in [5.41, 5.74) is 7.42. The van der Waals surface area contributed by atoms with Gasteiger partial charge in [0.05, 0.1) is 12.2 Å². The first-order chi connectivity index (χ1) is 9.70. The third kappa shape index (κ3) is 3.58. The van der Waals surface area contributed by atoms with E-state index in [-0.39, 0.29) is 12.5 Å². The van der Waals surface area contributed by atoms with E-state index in [2.05, 4.69) is 10.4 Å². The molecule has 0 saturated heterocycles. The highest BCUT2D eigenvalue weighted by Gasteiger charge is 2.06. The predicted octanol–water partition coefficient (Wildman–Crippen LogP) is 0.574. The van der Waals surface area contributed by atoms with Crippen molar-refractivity contribution >= 4 is 5.91 Å². The van der Waals surface area contributed by atoms with Crippen LogP contribution < -0.4 is 15.8 Å². The summed E-state index contributed by atoms with van der Waals surface area (Å²) in [6, 6.07) is 9.27. The zero-order chi connectivity index (χ0) is 14.4. The van der Waals surface area contributed by atoms with Crippen molar-refractivity contribution in [2.45, 2.75) is 13.1 Å². The normalized spacial score (nSPS) is 10.3. The standard InChI is InChI=1S/C14H18N4O2/c1-18-12(6-7-17-18)9-16-14(19)10-20-13-5-3-2-4-11(13)8-15/h2-7H,8-10,15H2,1H3,(H,16,19). The van der Waals surface area contributed by atoms with Gasteiger partial charge in [-0.3, -0.25) is 9.48 Å². The number of rotatable bonds is 6. The largest absolute Gasteiger partial charge is 0.483 e. The fourth-order valence-electron chi connectivity index (χ4n) is 1.77. The van der Waals surface area contributed by atoms with Crippen molar-refractivity contribution in [3.63, 3.8) is 0 Å². The van der Waals surface area contributed by atoms with E-state index >= 15 is 0 Å². The molecular formula is C14H18N4O2. The number of nitrogens with one attached hydrogen (secondary N) is 1. The van der Waals surface area contributed by atoms with Crippen molar-refractivity contribution in [2.75, 3.05) is 6.61 Å². The fraction of sp³-hybridized carbons (Fsp3) is 0.286. The molecule has 1 heterocycles. The zero-order valence-corrected chi connectivity index (χ0v) is 11.4. The van der Waals surface area contributed by atoms with Gasteiger partial charge in [0, 0.05) is 25.4 Å². The molecule has 6 nitrogen and oxygen atoms in total. The van der Waals surface area contributed by atoms with E-state index in [1.54, 1.807) is 16.9 Å². The number of para-hydroxylation sites is 1. The molecule has 1 aromatic heterocycles. The summed E-state index contributed by atoms with van der Waals surface area (Å²) in [4.78, 5) is 11.7. The number of nitrogens with zero attached hydrogens (tertiary/aromatic N) is 2. The van der Waals surface area contributed by atoms with Gasteiger partial charge < -0.3 is 15.8 Å². The molecule has 3 N–H and O–H groups in total. The Hall–Kier alpha value is -2.34. The van der Waals surface area contributed by atoms with E-state index in [9.17, 15) is 4.79 Å². The van der Waals surface area contributed by atoms with Gasteiger partial charge in [-0.15, -0.1) is 0 Å². The average Bonchev–Trinajstić information content (AvgIpc) is 2.88. The van der Waals surface area contributed by atoms with Gasteiger partial charge in [-0.25, -0.2) is 0 Å². The van der Waals surface area contributed by atoms with Crippen LogP contribution in [0.15, 0.2) is 36.5 Å². The number of aromatic nitrogens is 2. The Morgan fingerprint density at radius 1 is 1.40 bits per heavy atom. The number of amides is 1. The van der Waals surface area contributed by atoms with Crippen LogP contribution in [0.3, 0.4) is 0 Å². The molecule has 20 heavy (non-hydrogen) atoms. The number of hydrogen-bond acceptors (Lipinski definition) is 4. The molecule has 1 amide bonds. The number of carbonyl (C=O) groups excluding carboxylic acids is 1. The van der Waals surface area contributed by atoms with Crippen molar-refractivity contribution in [1.82, 2.24) is 15.1 Å². The molecule has 0 unspecified atom stereocenters. The highest BCUT2D eigenvalue weighted by Crippen LogP contribution is 2.16. The third-order valence-electron chi connectivity index (χ3n) is 2.94. The van der Waals surface area contributed by atoms with Crippen LogP contribution in [0.5, 0.6) is 5.75 Å². The number of ether oxygens (including phenoxy) is 1. The van der Waals surface area contributed by atoms with E-state index in [0.717, 1.165) is 11.3 Å². The molecule has 0 radical (unpaired) electrons. The Labute approximate surface area is 117 Å². The van der Waals surface area contributed by atoms with Crippen molar-refractivity contribution < 1.29 is 9.53 Å². The van der Waals surface area contributed by atoms with Crippen molar-refractivity contribution in [3.8, 4) is 5.75 Å². The average molecular weight is 274 g/mol. The minimum atomic E-state index is -0.182. The molecule has 2 aromatic rings. The van der Waals surface area contributed by atoms with E-state index < -0.39 is 0 Å². The van der Waals surface area contributed by atoms with Gasteiger partial charge in [0.15, 0.2) is 6.61 Å². The molecule has 1 aromatic carbocycles. The van der Waals surface area contributed by atoms with E-state index in [1.807, 2.05) is 31.3 Å². The Morgan fingerprint density at radius 3 is 2.90 bits per heavy atom. The number of carbonyl (C=O) groups is 1. The van der Waals surface area contributed by atoms with Crippen molar-refractivity contribution in [2.24, 2.45) is 12.8 Å². The second-order valence-electron chi connectivity index (χ2n) is 4.32. The molecule has 2 rings (SSSR count). The summed E-state index contributed by atoms with van der Waals surface area (Å²) >= 11 is 0. The quantitative estimate of drug-likeness (QED) is 0.807. The van der Waals surface area contributed by atoms with Crippen LogP contribution in [0.4, 0.5) is 0 Å². The first-order valence-electron chi connectivity index (χ1n) is 6.35. The molecule has 0 aliphatic carbocycles. The maximum Gasteiger partial charge on any atom is 0.258 e. The maximum absolute atomic E-state index is 11.7. The molecular weight excluding hydrogens is 256 g/mol. The first kappa shape index (κ1) is 14.1. The summed E-state index contributed by atoms with van der Waals surface area (Å²) in [6.45, 7) is 0.777. The molecule has 0 fully saturated rings. The summed E-state index contributed by atoms with van der Waals surface area (Å²) < 4.78 is 7.19. The molecule has 0 aliphatic rings. The van der Waals surface area contributed by atoms with Gasteiger partial charge in [0.25, 0.3) is 5.91 Å². The second kappa shape index (κ2) is 6.72. The van der Waals surface area contributed by atoms with Gasteiger partial charge in [0.2, 0.25) is 0 Å². The Balaban J connectivity index is 1.82. The smallest absolute Gasteiger partial charge is 0.258 e.